The molecule has 0 bridgehead atoms. The quantitative estimate of drug-likeness (QED) is 0.346. The summed E-state index contributed by atoms with van der Waals surface area (Å²) >= 11 is 9.67. The molecule has 196 valence electrons. The molecule has 0 heterocycles. The van der Waals surface area contributed by atoms with Gasteiger partial charge < -0.3 is 10.2 Å². The van der Waals surface area contributed by atoms with E-state index >= 15 is 0 Å². The van der Waals surface area contributed by atoms with Gasteiger partial charge in [-0.25, -0.2) is 8.42 Å². The number of benzene rings is 3. The number of likely N-dealkylation sites (N-methyl/N-ethyl adjacent to an activating group) is 1. The number of anilines is 1. The maximum absolute atomic E-state index is 13.8. The Balaban J connectivity index is 2.06. The number of hydrogen-bond donors (Lipinski definition) is 1. The van der Waals surface area contributed by atoms with E-state index in [4.69, 9.17) is 11.6 Å². The van der Waals surface area contributed by atoms with E-state index in [0.29, 0.717) is 17.1 Å². The summed E-state index contributed by atoms with van der Waals surface area (Å²) < 4.78 is 29.5. The Kier molecular flexibility index (Phi) is 9.75. The molecule has 2 amide bonds. The number of carbonyl (C=O) groups excluding carboxylic acids is 2. The van der Waals surface area contributed by atoms with Gasteiger partial charge in [-0.05, 0) is 68.3 Å². The molecule has 1 atom stereocenters. The predicted molar refractivity (Wildman–Crippen MR) is 150 cm³/mol. The molecule has 0 saturated carbocycles. The molecular formula is C27H29BrClN3O4S. The third-order valence-electron chi connectivity index (χ3n) is 5.81. The van der Waals surface area contributed by atoms with Crippen molar-refractivity contribution in [2.45, 2.75) is 38.3 Å². The largest absolute Gasteiger partial charge is 0.355 e. The normalized spacial score (nSPS) is 12.0. The Morgan fingerprint density at radius 3 is 2.38 bits per heavy atom. The highest BCUT2D eigenvalue weighted by Gasteiger charge is 2.33. The second-order valence-electron chi connectivity index (χ2n) is 8.48. The molecule has 10 heteroatoms. The van der Waals surface area contributed by atoms with E-state index in [-0.39, 0.29) is 23.0 Å². The molecule has 0 saturated heterocycles. The van der Waals surface area contributed by atoms with Crippen LogP contribution in [0.2, 0.25) is 5.02 Å². The van der Waals surface area contributed by atoms with Crippen LogP contribution < -0.4 is 9.62 Å². The molecule has 7 nitrogen and oxygen atoms in total. The van der Waals surface area contributed by atoms with Crippen LogP contribution in [0, 0.1) is 6.92 Å². The minimum absolute atomic E-state index is 0.0393. The number of amides is 2. The van der Waals surface area contributed by atoms with Gasteiger partial charge in [-0.1, -0.05) is 63.9 Å². The first-order valence-electron chi connectivity index (χ1n) is 11.7. The van der Waals surface area contributed by atoms with Crippen LogP contribution in [-0.4, -0.2) is 44.3 Å². The van der Waals surface area contributed by atoms with Crippen molar-refractivity contribution in [3.8, 4) is 0 Å². The van der Waals surface area contributed by atoms with Crippen LogP contribution in [0.3, 0.4) is 0 Å². The van der Waals surface area contributed by atoms with Crippen molar-refractivity contribution in [1.82, 2.24) is 10.2 Å². The Bertz CT molecular complexity index is 1370. The zero-order valence-electron chi connectivity index (χ0n) is 20.8. The number of sulfonamides is 1. The fraction of sp³-hybridized carbons (Fsp3) is 0.259. The van der Waals surface area contributed by atoms with Crippen LogP contribution in [0.15, 0.2) is 82.2 Å². The first-order valence-corrected chi connectivity index (χ1v) is 14.3. The third-order valence-corrected chi connectivity index (χ3v) is 8.31. The number of halogens is 2. The zero-order valence-corrected chi connectivity index (χ0v) is 24.0. The minimum atomic E-state index is -4.14. The second-order valence-corrected chi connectivity index (χ2v) is 11.7. The first-order chi connectivity index (χ1) is 17.5. The average Bonchev–Trinajstić information content (AvgIpc) is 2.87. The van der Waals surface area contributed by atoms with E-state index in [9.17, 15) is 18.0 Å². The van der Waals surface area contributed by atoms with Crippen molar-refractivity contribution in [3.63, 3.8) is 0 Å². The molecule has 0 aliphatic heterocycles. The summed E-state index contributed by atoms with van der Waals surface area (Å²) in [7, 11) is -4.14. The lowest BCUT2D eigenvalue weighted by atomic mass is 10.1. The fourth-order valence-corrected chi connectivity index (χ4v) is 5.93. The van der Waals surface area contributed by atoms with Crippen molar-refractivity contribution in [2.24, 2.45) is 0 Å². The van der Waals surface area contributed by atoms with Crippen LogP contribution in [0.4, 0.5) is 5.69 Å². The van der Waals surface area contributed by atoms with Crippen LogP contribution in [-0.2, 0) is 26.2 Å². The summed E-state index contributed by atoms with van der Waals surface area (Å²) in [4.78, 5) is 28.0. The molecule has 0 aromatic heterocycles. The van der Waals surface area contributed by atoms with Crippen molar-refractivity contribution >= 4 is 55.1 Å². The predicted octanol–water partition coefficient (Wildman–Crippen LogP) is 5.16. The molecule has 0 aliphatic carbocycles. The van der Waals surface area contributed by atoms with Gasteiger partial charge in [0.05, 0.1) is 10.6 Å². The van der Waals surface area contributed by atoms with E-state index in [1.807, 2.05) is 24.3 Å². The number of nitrogens with zero attached hydrogens (tertiary/aromatic N) is 2. The summed E-state index contributed by atoms with van der Waals surface area (Å²) in [6.07, 6.45) is 0. The Morgan fingerprint density at radius 2 is 1.73 bits per heavy atom. The van der Waals surface area contributed by atoms with E-state index in [1.165, 1.54) is 23.1 Å². The number of aryl methyl sites for hydroxylation is 1. The Labute approximate surface area is 231 Å². The highest BCUT2D eigenvalue weighted by Crippen LogP contribution is 2.30. The van der Waals surface area contributed by atoms with Crippen LogP contribution in [0.25, 0.3) is 0 Å². The van der Waals surface area contributed by atoms with E-state index in [0.717, 1.165) is 14.3 Å². The number of rotatable bonds is 10. The molecule has 3 aromatic carbocycles. The number of carbonyl (C=O) groups is 2. The molecular weight excluding hydrogens is 578 g/mol. The Morgan fingerprint density at radius 1 is 1.03 bits per heavy atom. The van der Waals surface area contributed by atoms with Crippen molar-refractivity contribution in [3.05, 3.63) is 93.4 Å². The van der Waals surface area contributed by atoms with Gasteiger partial charge in [-0.3, -0.25) is 13.9 Å². The fourth-order valence-electron chi connectivity index (χ4n) is 3.82. The summed E-state index contributed by atoms with van der Waals surface area (Å²) in [5.41, 5.74) is 1.71. The van der Waals surface area contributed by atoms with Gasteiger partial charge in [-0.2, -0.15) is 0 Å². The topological polar surface area (TPSA) is 86.8 Å². The molecule has 0 aliphatic rings. The summed E-state index contributed by atoms with van der Waals surface area (Å²) in [6.45, 7) is 5.17. The summed E-state index contributed by atoms with van der Waals surface area (Å²) in [5.74, 6) is -0.861. The lowest BCUT2D eigenvalue weighted by molar-refractivity contribution is -0.139. The van der Waals surface area contributed by atoms with Crippen molar-refractivity contribution in [1.29, 1.82) is 0 Å². The average molecular weight is 607 g/mol. The maximum Gasteiger partial charge on any atom is 0.264 e. The molecule has 3 rings (SSSR count). The van der Waals surface area contributed by atoms with Gasteiger partial charge >= 0.3 is 0 Å². The highest BCUT2D eigenvalue weighted by atomic mass is 79.9. The second kappa shape index (κ2) is 12.6. The molecule has 3 aromatic rings. The van der Waals surface area contributed by atoms with Crippen LogP contribution >= 0.6 is 27.5 Å². The summed E-state index contributed by atoms with van der Waals surface area (Å²) in [5, 5.41) is 3.08. The molecule has 37 heavy (non-hydrogen) atoms. The van der Waals surface area contributed by atoms with E-state index in [1.54, 1.807) is 51.1 Å². The third kappa shape index (κ3) is 7.12. The zero-order chi connectivity index (χ0) is 27.2. The summed E-state index contributed by atoms with van der Waals surface area (Å²) in [6, 6.07) is 19.3. The molecule has 0 spiro atoms. The lowest BCUT2D eigenvalue weighted by Gasteiger charge is -2.32. The number of hydrogen-bond acceptors (Lipinski definition) is 4. The monoisotopic (exact) mass is 605 g/mol. The molecule has 1 N–H and O–H groups in total. The minimum Gasteiger partial charge on any atom is -0.355 e. The lowest BCUT2D eigenvalue weighted by Crippen LogP contribution is -2.51. The van der Waals surface area contributed by atoms with Gasteiger partial charge in [-0.15, -0.1) is 0 Å². The molecule has 0 radical (unpaired) electrons. The van der Waals surface area contributed by atoms with Crippen LogP contribution in [0.1, 0.15) is 25.0 Å². The molecule has 0 unspecified atom stereocenters. The first kappa shape index (κ1) is 28.7. The van der Waals surface area contributed by atoms with Gasteiger partial charge in [0.15, 0.2) is 0 Å². The highest BCUT2D eigenvalue weighted by molar-refractivity contribution is 9.10. The van der Waals surface area contributed by atoms with Gasteiger partial charge in [0.2, 0.25) is 11.8 Å². The van der Waals surface area contributed by atoms with Gasteiger partial charge in [0, 0.05) is 22.6 Å². The van der Waals surface area contributed by atoms with Crippen LogP contribution in [0.5, 0.6) is 0 Å². The van der Waals surface area contributed by atoms with Gasteiger partial charge in [0.1, 0.15) is 12.6 Å². The van der Waals surface area contributed by atoms with Crippen molar-refractivity contribution < 1.29 is 18.0 Å². The SMILES string of the molecule is CCNC(=O)[C@H](C)N(Cc1cccc(Br)c1)C(=O)CN(c1cc(Cl)ccc1C)S(=O)(=O)c1ccccc1. The Hall–Kier alpha value is -2.88. The number of nitrogens with one attached hydrogen (secondary N) is 1. The van der Waals surface area contributed by atoms with E-state index in [2.05, 4.69) is 21.2 Å². The van der Waals surface area contributed by atoms with Gasteiger partial charge in [0.25, 0.3) is 10.0 Å². The van der Waals surface area contributed by atoms with E-state index < -0.39 is 28.5 Å². The maximum atomic E-state index is 13.8. The molecule has 0 fully saturated rings. The standard InChI is InChI=1S/C27H29BrClN3O4S/c1-4-30-27(34)20(3)31(17-21-9-8-10-22(28)15-21)26(33)18-32(25-16-23(29)14-13-19(25)2)37(35,36)24-11-6-5-7-12-24/h5-16,20H,4,17-18H2,1-3H3,(H,30,34)/t20-/m0/s1. The smallest absolute Gasteiger partial charge is 0.264 e. The van der Waals surface area contributed by atoms with Crippen molar-refractivity contribution in [2.75, 3.05) is 17.4 Å².